The molecular formula is C11H25NO2. The summed E-state index contributed by atoms with van der Waals surface area (Å²) < 4.78 is 0. The molecule has 2 atom stereocenters. The second-order valence-electron chi connectivity index (χ2n) is 4.93. The van der Waals surface area contributed by atoms with E-state index in [1.165, 1.54) is 0 Å². The Kier molecular flexibility index (Phi) is 5.64. The number of rotatable bonds is 6. The van der Waals surface area contributed by atoms with E-state index in [0.717, 1.165) is 0 Å². The van der Waals surface area contributed by atoms with E-state index in [2.05, 4.69) is 5.32 Å². The summed E-state index contributed by atoms with van der Waals surface area (Å²) in [7, 11) is 0. The molecule has 3 N–H and O–H groups in total. The molecule has 0 aliphatic carbocycles. The summed E-state index contributed by atoms with van der Waals surface area (Å²) in [5, 5.41) is 22.7. The third-order valence-corrected chi connectivity index (χ3v) is 2.65. The van der Waals surface area contributed by atoms with Crippen LogP contribution in [0.1, 0.15) is 41.0 Å². The van der Waals surface area contributed by atoms with E-state index in [1.54, 1.807) is 6.92 Å². The van der Waals surface area contributed by atoms with E-state index in [4.69, 9.17) is 0 Å². The zero-order chi connectivity index (χ0) is 11.4. The fourth-order valence-corrected chi connectivity index (χ4v) is 1.16. The maximum Gasteiger partial charge on any atom is 0.0692 e. The van der Waals surface area contributed by atoms with Gasteiger partial charge in [-0.15, -0.1) is 0 Å². The number of aliphatic hydroxyl groups excluding tert-OH is 1. The lowest BCUT2D eigenvalue weighted by atomic mass is 9.87. The minimum absolute atomic E-state index is 0.163. The Bertz CT molecular complexity index is 155. The molecule has 86 valence electrons. The molecule has 3 heteroatoms. The Labute approximate surface area is 87.5 Å². The van der Waals surface area contributed by atoms with E-state index >= 15 is 0 Å². The average Bonchev–Trinajstić information content (AvgIpc) is 1.99. The molecule has 0 radical (unpaired) electrons. The Hall–Kier alpha value is -0.120. The third-order valence-electron chi connectivity index (χ3n) is 2.65. The second kappa shape index (κ2) is 5.69. The summed E-state index contributed by atoms with van der Waals surface area (Å²) in [5.41, 5.74) is -0.780. The van der Waals surface area contributed by atoms with E-state index in [1.807, 2.05) is 27.7 Å². The molecule has 0 spiro atoms. The van der Waals surface area contributed by atoms with Gasteiger partial charge >= 0.3 is 0 Å². The van der Waals surface area contributed by atoms with Crippen molar-refractivity contribution in [2.24, 2.45) is 5.92 Å². The van der Waals surface area contributed by atoms with Crippen LogP contribution in [0.5, 0.6) is 0 Å². The number of hydrogen-bond donors (Lipinski definition) is 3. The molecule has 0 saturated heterocycles. The van der Waals surface area contributed by atoms with E-state index in [0.29, 0.717) is 19.0 Å². The minimum Gasteiger partial charge on any atom is -0.392 e. The zero-order valence-electron chi connectivity index (χ0n) is 10.0. The molecular weight excluding hydrogens is 178 g/mol. The van der Waals surface area contributed by atoms with Crippen molar-refractivity contribution in [3.8, 4) is 0 Å². The zero-order valence-corrected chi connectivity index (χ0v) is 10.0. The van der Waals surface area contributed by atoms with Crippen LogP contribution in [0.3, 0.4) is 0 Å². The molecule has 14 heavy (non-hydrogen) atoms. The lowest BCUT2D eigenvalue weighted by molar-refractivity contribution is -0.0306. The van der Waals surface area contributed by atoms with Crippen molar-refractivity contribution in [1.82, 2.24) is 5.32 Å². The molecule has 0 aromatic heterocycles. The quantitative estimate of drug-likeness (QED) is 0.607. The van der Waals surface area contributed by atoms with Gasteiger partial charge in [0, 0.05) is 19.0 Å². The van der Waals surface area contributed by atoms with Crippen molar-refractivity contribution in [1.29, 1.82) is 0 Å². The first-order chi connectivity index (χ1) is 6.25. The molecule has 0 aromatic carbocycles. The first-order valence-electron chi connectivity index (χ1n) is 5.39. The molecule has 0 fully saturated rings. The minimum atomic E-state index is -0.780. The van der Waals surface area contributed by atoms with Gasteiger partial charge in [-0.05, 0) is 12.8 Å². The predicted molar refractivity (Wildman–Crippen MR) is 59.2 cm³/mol. The van der Waals surface area contributed by atoms with Crippen LogP contribution in [0.4, 0.5) is 0 Å². The molecule has 0 unspecified atom stereocenters. The summed E-state index contributed by atoms with van der Waals surface area (Å²) in [4.78, 5) is 0. The molecule has 0 heterocycles. The number of hydrogen-bond acceptors (Lipinski definition) is 3. The van der Waals surface area contributed by atoms with Gasteiger partial charge in [0.05, 0.1) is 11.7 Å². The Morgan fingerprint density at radius 2 is 1.71 bits per heavy atom. The smallest absolute Gasteiger partial charge is 0.0692 e. The summed E-state index contributed by atoms with van der Waals surface area (Å²) >= 11 is 0. The van der Waals surface area contributed by atoms with Crippen LogP contribution >= 0.6 is 0 Å². The van der Waals surface area contributed by atoms with Crippen molar-refractivity contribution < 1.29 is 10.2 Å². The van der Waals surface area contributed by atoms with Crippen molar-refractivity contribution >= 4 is 0 Å². The maximum atomic E-state index is 9.94. The Balaban J connectivity index is 3.87. The molecule has 0 aliphatic rings. The van der Waals surface area contributed by atoms with Gasteiger partial charge in [-0.25, -0.2) is 0 Å². The average molecular weight is 203 g/mol. The van der Waals surface area contributed by atoms with Gasteiger partial charge in [-0.3, -0.25) is 0 Å². The molecule has 0 rings (SSSR count). The van der Waals surface area contributed by atoms with Crippen LogP contribution < -0.4 is 5.32 Å². The van der Waals surface area contributed by atoms with Crippen molar-refractivity contribution in [2.45, 2.75) is 58.8 Å². The molecule has 0 bridgehead atoms. The summed E-state index contributed by atoms with van der Waals surface area (Å²) in [5.74, 6) is 0.163. The van der Waals surface area contributed by atoms with Gasteiger partial charge < -0.3 is 15.5 Å². The van der Waals surface area contributed by atoms with Crippen molar-refractivity contribution in [2.75, 3.05) is 6.54 Å². The van der Waals surface area contributed by atoms with Crippen LogP contribution in [-0.2, 0) is 0 Å². The van der Waals surface area contributed by atoms with Gasteiger partial charge in [0.2, 0.25) is 0 Å². The lowest BCUT2D eigenvalue weighted by Gasteiger charge is -2.30. The van der Waals surface area contributed by atoms with E-state index in [-0.39, 0.29) is 5.92 Å². The van der Waals surface area contributed by atoms with Gasteiger partial charge in [0.15, 0.2) is 0 Å². The normalized spacial score (nSPS) is 18.6. The second-order valence-corrected chi connectivity index (χ2v) is 4.93. The van der Waals surface area contributed by atoms with Crippen LogP contribution in [0.25, 0.3) is 0 Å². The molecule has 0 aromatic rings. The Morgan fingerprint density at radius 3 is 2.07 bits per heavy atom. The molecule has 3 nitrogen and oxygen atoms in total. The van der Waals surface area contributed by atoms with Crippen molar-refractivity contribution in [3.05, 3.63) is 0 Å². The van der Waals surface area contributed by atoms with Crippen molar-refractivity contribution in [3.63, 3.8) is 0 Å². The highest BCUT2D eigenvalue weighted by molar-refractivity contribution is 4.80. The fraction of sp³-hybridized carbons (Fsp3) is 1.00. The highest BCUT2D eigenvalue weighted by Gasteiger charge is 2.27. The summed E-state index contributed by atoms with van der Waals surface area (Å²) in [6.45, 7) is 10.3. The topological polar surface area (TPSA) is 52.5 Å². The summed E-state index contributed by atoms with van der Waals surface area (Å²) in [6, 6.07) is 0.369. The fourth-order valence-electron chi connectivity index (χ4n) is 1.16. The largest absolute Gasteiger partial charge is 0.392 e. The SMILES string of the molecule is CC(C)NC[C@@H](O)C[C@](C)(O)C(C)C. The molecule has 0 amide bonds. The summed E-state index contributed by atoms with van der Waals surface area (Å²) in [6.07, 6.45) is -0.0560. The van der Waals surface area contributed by atoms with Gasteiger partial charge in [-0.2, -0.15) is 0 Å². The maximum absolute atomic E-state index is 9.94. The van der Waals surface area contributed by atoms with Crippen LogP contribution in [-0.4, -0.2) is 34.5 Å². The molecule has 0 aliphatic heterocycles. The highest BCUT2D eigenvalue weighted by Crippen LogP contribution is 2.21. The van der Waals surface area contributed by atoms with E-state index < -0.39 is 11.7 Å². The van der Waals surface area contributed by atoms with E-state index in [9.17, 15) is 10.2 Å². The Morgan fingerprint density at radius 1 is 1.21 bits per heavy atom. The number of nitrogens with one attached hydrogen (secondary N) is 1. The third kappa shape index (κ3) is 5.58. The number of aliphatic hydroxyl groups is 2. The standard InChI is InChI=1S/C11H25NO2/c1-8(2)11(5,14)6-10(13)7-12-9(3)4/h8-10,12-14H,6-7H2,1-5H3/t10-,11-/m0/s1. The lowest BCUT2D eigenvalue weighted by Crippen LogP contribution is -2.40. The first-order valence-corrected chi connectivity index (χ1v) is 5.39. The first kappa shape index (κ1) is 13.9. The van der Waals surface area contributed by atoms with Gasteiger partial charge in [0.25, 0.3) is 0 Å². The van der Waals surface area contributed by atoms with Crippen LogP contribution in [0.15, 0.2) is 0 Å². The van der Waals surface area contributed by atoms with Crippen LogP contribution in [0, 0.1) is 5.92 Å². The highest BCUT2D eigenvalue weighted by atomic mass is 16.3. The monoisotopic (exact) mass is 203 g/mol. The van der Waals surface area contributed by atoms with Gasteiger partial charge in [-0.1, -0.05) is 27.7 Å². The predicted octanol–water partition coefficient (Wildman–Crippen LogP) is 1.14. The molecule has 0 saturated carbocycles. The van der Waals surface area contributed by atoms with Gasteiger partial charge in [0.1, 0.15) is 0 Å². The van der Waals surface area contributed by atoms with Crippen LogP contribution in [0.2, 0.25) is 0 Å².